The normalized spacial score (nSPS) is 10.1. The van der Waals surface area contributed by atoms with Crippen LogP contribution in [0.5, 0.6) is 5.75 Å². The molecule has 0 fully saturated rings. The SMILES string of the molecule is CNc1cc(Nc2ccc(F)cc2OC)nc(N)n1. The summed E-state index contributed by atoms with van der Waals surface area (Å²) in [5.41, 5.74) is 6.18. The fraction of sp³-hybridized carbons (Fsp3) is 0.167. The van der Waals surface area contributed by atoms with Gasteiger partial charge in [0.25, 0.3) is 0 Å². The lowest BCUT2D eigenvalue weighted by Gasteiger charge is -2.11. The first-order chi connectivity index (χ1) is 9.12. The van der Waals surface area contributed by atoms with Crippen molar-refractivity contribution in [3.05, 3.63) is 30.1 Å². The van der Waals surface area contributed by atoms with Gasteiger partial charge in [-0.3, -0.25) is 0 Å². The fourth-order valence-corrected chi connectivity index (χ4v) is 1.56. The molecule has 0 saturated heterocycles. The van der Waals surface area contributed by atoms with E-state index in [1.54, 1.807) is 19.2 Å². The lowest BCUT2D eigenvalue weighted by atomic mass is 10.3. The van der Waals surface area contributed by atoms with Crippen molar-refractivity contribution in [2.75, 3.05) is 30.5 Å². The summed E-state index contributed by atoms with van der Waals surface area (Å²) in [5, 5.41) is 5.87. The third kappa shape index (κ3) is 3.01. The average molecular weight is 263 g/mol. The topological polar surface area (TPSA) is 85.1 Å². The van der Waals surface area contributed by atoms with E-state index < -0.39 is 0 Å². The predicted molar refractivity (Wildman–Crippen MR) is 72.2 cm³/mol. The number of anilines is 4. The van der Waals surface area contributed by atoms with Crippen LogP contribution in [-0.4, -0.2) is 24.1 Å². The van der Waals surface area contributed by atoms with Gasteiger partial charge in [-0.1, -0.05) is 0 Å². The summed E-state index contributed by atoms with van der Waals surface area (Å²) in [6.45, 7) is 0. The molecule has 0 saturated carbocycles. The zero-order chi connectivity index (χ0) is 13.8. The highest BCUT2D eigenvalue weighted by atomic mass is 19.1. The van der Waals surface area contributed by atoms with Gasteiger partial charge in [-0.05, 0) is 12.1 Å². The second-order valence-electron chi connectivity index (χ2n) is 3.72. The van der Waals surface area contributed by atoms with Crippen LogP contribution in [0, 0.1) is 5.82 Å². The number of nitrogens with zero attached hydrogens (tertiary/aromatic N) is 2. The Bertz CT molecular complexity index is 590. The molecule has 0 aliphatic carbocycles. The molecule has 1 aromatic carbocycles. The summed E-state index contributed by atoms with van der Waals surface area (Å²) in [6, 6.07) is 5.85. The molecular formula is C12H14FN5O. The van der Waals surface area contributed by atoms with Crippen LogP contribution >= 0.6 is 0 Å². The Labute approximate surface area is 109 Å². The van der Waals surface area contributed by atoms with Crippen molar-refractivity contribution in [3.63, 3.8) is 0 Å². The maximum absolute atomic E-state index is 13.1. The van der Waals surface area contributed by atoms with E-state index in [2.05, 4.69) is 20.6 Å². The van der Waals surface area contributed by atoms with E-state index in [9.17, 15) is 4.39 Å². The van der Waals surface area contributed by atoms with Crippen LogP contribution in [0.2, 0.25) is 0 Å². The summed E-state index contributed by atoms with van der Waals surface area (Å²) >= 11 is 0. The highest BCUT2D eigenvalue weighted by molar-refractivity contribution is 5.66. The molecule has 0 atom stereocenters. The van der Waals surface area contributed by atoms with Crippen LogP contribution < -0.4 is 21.1 Å². The first-order valence-electron chi connectivity index (χ1n) is 5.55. The standard InChI is InChI=1S/C12H14FN5O/c1-15-10-6-11(18-12(14)17-10)16-8-4-3-7(13)5-9(8)19-2/h3-6H,1-2H3,(H4,14,15,16,17,18). The molecule has 0 radical (unpaired) electrons. The average Bonchev–Trinajstić information content (AvgIpc) is 2.40. The van der Waals surface area contributed by atoms with E-state index in [0.717, 1.165) is 0 Å². The van der Waals surface area contributed by atoms with Crippen molar-refractivity contribution >= 4 is 23.3 Å². The van der Waals surface area contributed by atoms with Crippen LogP contribution in [-0.2, 0) is 0 Å². The van der Waals surface area contributed by atoms with Crippen molar-refractivity contribution in [1.82, 2.24) is 9.97 Å². The van der Waals surface area contributed by atoms with E-state index in [1.807, 2.05) is 0 Å². The molecule has 0 aliphatic heterocycles. The predicted octanol–water partition coefficient (Wildman–Crippen LogP) is 1.99. The molecule has 0 amide bonds. The molecule has 2 rings (SSSR count). The summed E-state index contributed by atoms with van der Waals surface area (Å²) in [4.78, 5) is 8.02. The molecule has 1 aromatic heterocycles. The zero-order valence-corrected chi connectivity index (χ0v) is 10.6. The number of rotatable bonds is 4. The Hall–Kier alpha value is -2.57. The van der Waals surface area contributed by atoms with Crippen molar-refractivity contribution in [2.45, 2.75) is 0 Å². The van der Waals surface area contributed by atoms with Gasteiger partial charge < -0.3 is 21.1 Å². The van der Waals surface area contributed by atoms with E-state index >= 15 is 0 Å². The second-order valence-corrected chi connectivity index (χ2v) is 3.72. The Morgan fingerprint density at radius 3 is 2.63 bits per heavy atom. The fourth-order valence-electron chi connectivity index (χ4n) is 1.56. The smallest absolute Gasteiger partial charge is 0.223 e. The highest BCUT2D eigenvalue weighted by Gasteiger charge is 2.07. The van der Waals surface area contributed by atoms with Crippen LogP contribution in [0.15, 0.2) is 24.3 Å². The molecule has 7 heteroatoms. The van der Waals surface area contributed by atoms with E-state index in [4.69, 9.17) is 10.5 Å². The Morgan fingerprint density at radius 1 is 1.21 bits per heavy atom. The summed E-state index contributed by atoms with van der Waals surface area (Å²) in [5.74, 6) is 1.21. The molecule has 19 heavy (non-hydrogen) atoms. The first-order valence-corrected chi connectivity index (χ1v) is 5.55. The summed E-state index contributed by atoms with van der Waals surface area (Å²) < 4.78 is 18.2. The Morgan fingerprint density at radius 2 is 1.95 bits per heavy atom. The van der Waals surface area contributed by atoms with E-state index in [0.29, 0.717) is 23.1 Å². The quantitative estimate of drug-likeness (QED) is 0.782. The minimum Gasteiger partial charge on any atom is -0.494 e. The molecule has 6 nitrogen and oxygen atoms in total. The highest BCUT2D eigenvalue weighted by Crippen LogP contribution is 2.28. The minimum atomic E-state index is -0.375. The third-order valence-electron chi connectivity index (χ3n) is 2.43. The van der Waals surface area contributed by atoms with Crippen LogP contribution in [0.25, 0.3) is 0 Å². The van der Waals surface area contributed by atoms with Crippen molar-refractivity contribution in [1.29, 1.82) is 0 Å². The van der Waals surface area contributed by atoms with Gasteiger partial charge in [0.1, 0.15) is 23.2 Å². The number of nitrogen functional groups attached to an aromatic ring is 1. The van der Waals surface area contributed by atoms with Gasteiger partial charge >= 0.3 is 0 Å². The van der Waals surface area contributed by atoms with Gasteiger partial charge in [-0.2, -0.15) is 9.97 Å². The van der Waals surface area contributed by atoms with Gasteiger partial charge in [0.2, 0.25) is 5.95 Å². The van der Waals surface area contributed by atoms with Crippen LogP contribution in [0.4, 0.5) is 27.7 Å². The monoisotopic (exact) mass is 263 g/mol. The molecule has 1 heterocycles. The Balaban J connectivity index is 2.33. The molecule has 0 aliphatic rings. The third-order valence-corrected chi connectivity index (χ3v) is 2.43. The van der Waals surface area contributed by atoms with Crippen molar-refractivity contribution in [3.8, 4) is 5.75 Å². The summed E-state index contributed by atoms with van der Waals surface area (Å²) in [7, 11) is 3.19. The molecule has 4 N–H and O–H groups in total. The zero-order valence-electron chi connectivity index (χ0n) is 10.6. The second kappa shape index (κ2) is 5.38. The van der Waals surface area contributed by atoms with Gasteiger partial charge in [0.15, 0.2) is 0 Å². The number of benzene rings is 1. The number of hydrogen-bond donors (Lipinski definition) is 3. The van der Waals surface area contributed by atoms with E-state index in [-0.39, 0.29) is 11.8 Å². The molecule has 0 spiro atoms. The van der Waals surface area contributed by atoms with Gasteiger partial charge in [-0.15, -0.1) is 0 Å². The Kier molecular flexibility index (Phi) is 3.65. The lowest BCUT2D eigenvalue weighted by Crippen LogP contribution is -2.04. The van der Waals surface area contributed by atoms with Crippen molar-refractivity contribution in [2.24, 2.45) is 0 Å². The molecular weight excluding hydrogens is 249 g/mol. The minimum absolute atomic E-state index is 0.135. The molecule has 100 valence electrons. The van der Waals surface area contributed by atoms with E-state index in [1.165, 1.54) is 19.2 Å². The van der Waals surface area contributed by atoms with Gasteiger partial charge in [-0.25, -0.2) is 4.39 Å². The van der Waals surface area contributed by atoms with Crippen LogP contribution in [0.1, 0.15) is 0 Å². The maximum atomic E-state index is 13.1. The number of ether oxygens (including phenoxy) is 1. The summed E-state index contributed by atoms with van der Waals surface area (Å²) in [6.07, 6.45) is 0. The van der Waals surface area contributed by atoms with Gasteiger partial charge in [0.05, 0.1) is 12.8 Å². The molecule has 0 bridgehead atoms. The lowest BCUT2D eigenvalue weighted by molar-refractivity contribution is 0.413. The number of methoxy groups -OCH3 is 1. The van der Waals surface area contributed by atoms with Crippen molar-refractivity contribution < 1.29 is 9.13 Å². The number of hydrogen-bond acceptors (Lipinski definition) is 6. The molecule has 2 aromatic rings. The van der Waals surface area contributed by atoms with Gasteiger partial charge in [0, 0.05) is 19.2 Å². The maximum Gasteiger partial charge on any atom is 0.223 e. The van der Waals surface area contributed by atoms with Crippen LogP contribution in [0.3, 0.4) is 0 Å². The molecule has 0 unspecified atom stereocenters. The number of aromatic nitrogens is 2. The largest absolute Gasteiger partial charge is 0.494 e. The number of nitrogens with two attached hydrogens (primary N) is 1. The first kappa shape index (κ1) is 12.9. The number of nitrogens with one attached hydrogen (secondary N) is 2. The number of halogens is 1.